The van der Waals surface area contributed by atoms with Gasteiger partial charge in [0.05, 0.1) is 0 Å². The van der Waals surface area contributed by atoms with Crippen LogP contribution in [-0.4, -0.2) is 24.5 Å². The van der Waals surface area contributed by atoms with Crippen molar-refractivity contribution in [2.45, 2.75) is 12.8 Å². The Kier molecular flexibility index (Phi) is 5.06. The molecule has 2 N–H and O–H groups in total. The maximum absolute atomic E-state index is 5.73. The number of hydrogen-bond acceptors (Lipinski definition) is 2. The van der Waals surface area contributed by atoms with Gasteiger partial charge in [-0.3, -0.25) is 4.90 Å². The first-order valence-corrected chi connectivity index (χ1v) is 5.78. The molecule has 1 aliphatic heterocycles. The van der Waals surface area contributed by atoms with E-state index in [1.54, 1.807) is 0 Å². The number of hydrogen-bond donors (Lipinski definition) is 1. The summed E-state index contributed by atoms with van der Waals surface area (Å²) in [5, 5.41) is 0. The van der Waals surface area contributed by atoms with Crippen LogP contribution in [0.3, 0.4) is 0 Å². The van der Waals surface area contributed by atoms with Gasteiger partial charge < -0.3 is 5.73 Å². The van der Waals surface area contributed by atoms with Gasteiger partial charge in [-0.15, -0.1) is 0 Å². The summed E-state index contributed by atoms with van der Waals surface area (Å²) in [5.41, 5.74) is 7.79. The quantitative estimate of drug-likeness (QED) is 0.722. The lowest BCUT2D eigenvalue weighted by Gasteiger charge is -2.32. The average Bonchev–Trinajstić information content (AvgIpc) is 2.29. The molecular weight excluding hydrogens is 196 g/mol. The molecule has 0 saturated carbocycles. The van der Waals surface area contributed by atoms with Crippen LogP contribution in [0.15, 0.2) is 49.2 Å². The standard InChI is InChI=1S/C14H22N2.H2/c1-4-6-13(5-2)11-16-9-7-14(8-10-16)12(3)15;/h4-6,14H,1-3,7-11,15H2;1H/b13-6+;. The molecule has 0 aromatic rings. The van der Waals surface area contributed by atoms with E-state index in [1.807, 2.05) is 18.2 Å². The molecule has 0 atom stereocenters. The molecule has 0 aromatic carbocycles. The summed E-state index contributed by atoms with van der Waals surface area (Å²) in [6.45, 7) is 14.5. The van der Waals surface area contributed by atoms with E-state index in [0.717, 1.165) is 38.2 Å². The van der Waals surface area contributed by atoms with Crippen LogP contribution < -0.4 is 5.73 Å². The predicted octanol–water partition coefficient (Wildman–Crippen LogP) is 2.72. The Morgan fingerprint density at radius 1 is 1.38 bits per heavy atom. The van der Waals surface area contributed by atoms with E-state index in [2.05, 4.69) is 24.6 Å². The van der Waals surface area contributed by atoms with E-state index in [1.165, 1.54) is 5.57 Å². The first-order valence-electron chi connectivity index (χ1n) is 5.78. The van der Waals surface area contributed by atoms with Gasteiger partial charge in [0.2, 0.25) is 0 Å². The van der Waals surface area contributed by atoms with E-state index >= 15 is 0 Å². The second-order valence-corrected chi connectivity index (χ2v) is 4.31. The highest BCUT2D eigenvalue weighted by Gasteiger charge is 2.19. The van der Waals surface area contributed by atoms with Crippen molar-refractivity contribution in [3.05, 3.63) is 49.2 Å². The Morgan fingerprint density at radius 2 is 2.00 bits per heavy atom. The van der Waals surface area contributed by atoms with Gasteiger partial charge in [0.15, 0.2) is 0 Å². The van der Waals surface area contributed by atoms with Gasteiger partial charge in [-0.2, -0.15) is 0 Å². The molecule has 0 amide bonds. The molecule has 0 aliphatic carbocycles. The van der Waals surface area contributed by atoms with Crippen molar-refractivity contribution in [1.29, 1.82) is 0 Å². The van der Waals surface area contributed by atoms with Crippen LogP contribution >= 0.6 is 0 Å². The molecule has 90 valence electrons. The molecule has 1 heterocycles. The Balaban J connectivity index is 0.00000256. The van der Waals surface area contributed by atoms with Crippen molar-refractivity contribution in [1.82, 2.24) is 4.90 Å². The normalized spacial score (nSPS) is 19.4. The third-order valence-corrected chi connectivity index (χ3v) is 3.11. The predicted molar refractivity (Wildman–Crippen MR) is 73.1 cm³/mol. The Labute approximate surface area is 100 Å². The Hall–Kier alpha value is -1.28. The van der Waals surface area contributed by atoms with Gasteiger partial charge >= 0.3 is 0 Å². The molecular formula is C14H24N2. The number of piperidine rings is 1. The number of nitrogens with two attached hydrogens (primary N) is 1. The largest absolute Gasteiger partial charge is 0.402 e. The van der Waals surface area contributed by atoms with Gasteiger partial charge in [-0.05, 0) is 31.5 Å². The molecule has 2 nitrogen and oxygen atoms in total. The zero-order valence-electron chi connectivity index (χ0n) is 9.99. The topological polar surface area (TPSA) is 29.3 Å². The second kappa shape index (κ2) is 6.33. The summed E-state index contributed by atoms with van der Waals surface area (Å²) in [7, 11) is 0. The lowest BCUT2D eigenvalue weighted by molar-refractivity contribution is 0.214. The molecule has 1 rings (SSSR count). The highest BCUT2D eigenvalue weighted by molar-refractivity contribution is 5.22. The fourth-order valence-corrected chi connectivity index (χ4v) is 2.06. The van der Waals surface area contributed by atoms with Gasteiger partial charge in [-0.25, -0.2) is 0 Å². The van der Waals surface area contributed by atoms with Crippen LogP contribution in [0.25, 0.3) is 0 Å². The SMILES string of the molecule is C=C/C=C(\C=C)CN1CCC(C(=C)N)CC1.[HH]. The highest BCUT2D eigenvalue weighted by atomic mass is 15.1. The average molecular weight is 220 g/mol. The van der Waals surface area contributed by atoms with Gasteiger partial charge in [0.25, 0.3) is 0 Å². The van der Waals surface area contributed by atoms with Crippen LogP contribution in [0.5, 0.6) is 0 Å². The van der Waals surface area contributed by atoms with E-state index in [0.29, 0.717) is 5.92 Å². The lowest BCUT2D eigenvalue weighted by Crippen LogP contribution is -2.36. The minimum Gasteiger partial charge on any atom is -0.402 e. The zero-order valence-corrected chi connectivity index (χ0v) is 9.99. The molecule has 0 spiro atoms. The van der Waals surface area contributed by atoms with Crippen LogP contribution in [-0.2, 0) is 0 Å². The summed E-state index contributed by atoms with van der Waals surface area (Å²) >= 11 is 0. The minimum absolute atomic E-state index is 0. The fourth-order valence-electron chi connectivity index (χ4n) is 2.06. The smallest absolute Gasteiger partial charge is 0.0233 e. The summed E-state index contributed by atoms with van der Waals surface area (Å²) in [4.78, 5) is 2.43. The summed E-state index contributed by atoms with van der Waals surface area (Å²) < 4.78 is 0. The second-order valence-electron chi connectivity index (χ2n) is 4.31. The van der Waals surface area contributed by atoms with Gasteiger partial charge in [0, 0.05) is 19.6 Å². The van der Waals surface area contributed by atoms with Crippen molar-refractivity contribution in [2.75, 3.05) is 19.6 Å². The fraction of sp³-hybridized carbons (Fsp3) is 0.429. The van der Waals surface area contributed by atoms with Crippen molar-refractivity contribution in [2.24, 2.45) is 11.7 Å². The van der Waals surface area contributed by atoms with E-state index in [-0.39, 0.29) is 1.43 Å². The van der Waals surface area contributed by atoms with Gasteiger partial charge in [0.1, 0.15) is 0 Å². The van der Waals surface area contributed by atoms with Crippen LogP contribution in [0.2, 0.25) is 0 Å². The molecule has 0 bridgehead atoms. The molecule has 0 radical (unpaired) electrons. The first-order chi connectivity index (χ1) is 7.67. The number of allylic oxidation sites excluding steroid dienone is 3. The third kappa shape index (κ3) is 3.70. The molecule has 1 aliphatic rings. The molecule has 0 aromatic heterocycles. The van der Waals surface area contributed by atoms with Crippen molar-refractivity contribution in [3.63, 3.8) is 0 Å². The molecule has 16 heavy (non-hydrogen) atoms. The monoisotopic (exact) mass is 220 g/mol. The summed E-state index contributed by atoms with van der Waals surface area (Å²) in [5.74, 6) is 0.506. The number of nitrogens with zero attached hydrogens (tertiary/aromatic N) is 1. The number of likely N-dealkylation sites (tertiary alicyclic amines) is 1. The van der Waals surface area contributed by atoms with E-state index < -0.39 is 0 Å². The van der Waals surface area contributed by atoms with Gasteiger partial charge in [-0.1, -0.05) is 38.0 Å². The molecule has 0 unspecified atom stereocenters. The van der Waals surface area contributed by atoms with E-state index in [4.69, 9.17) is 5.73 Å². The maximum Gasteiger partial charge on any atom is 0.0233 e. The zero-order chi connectivity index (χ0) is 12.0. The van der Waals surface area contributed by atoms with E-state index in [9.17, 15) is 0 Å². The molecule has 1 saturated heterocycles. The summed E-state index contributed by atoms with van der Waals surface area (Å²) in [6, 6.07) is 0. The third-order valence-electron chi connectivity index (χ3n) is 3.11. The highest BCUT2D eigenvalue weighted by Crippen LogP contribution is 2.21. The first kappa shape index (κ1) is 12.8. The minimum atomic E-state index is 0. The van der Waals surface area contributed by atoms with Crippen LogP contribution in [0, 0.1) is 5.92 Å². The lowest BCUT2D eigenvalue weighted by atomic mass is 9.94. The Bertz CT molecular complexity index is 299. The van der Waals surface area contributed by atoms with Crippen molar-refractivity contribution >= 4 is 0 Å². The van der Waals surface area contributed by atoms with Crippen LogP contribution in [0.1, 0.15) is 14.3 Å². The van der Waals surface area contributed by atoms with Crippen molar-refractivity contribution < 1.29 is 1.43 Å². The molecule has 1 fully saturated rings. The van der Waals surface area contributed by atoms with Crippen molar-refractivity contribution in [3.8, 4) is 0 Å². The summed E-state index contributed by atoms with van der Waals surface area (Å²) in [6.07, 6.45) is 7.96. The molecule has 2 heteroatoms. The Morgan fingerprint density at radius 3 is 2.44 bits per heavy atom. The van der Waals surface area contributed by atoms with Crippen LogP contribution in [0.4, 0.5) is 0 Å². The maximum atomic E-state index is 5.73. The number of rotatable bonds is 5.